The van der Waals surface area contributed by atoms with Crippen molar-refractivity contribution < 1.29 is 14.0 Å². The van der Waals surface area contributed by atoms with Crippen LogP contribution < -0.4 is 10.2 Å². The maximum Gasteiger partial charge on any atom is 0.327 e. The summed E-state index contributed by atoms with van der Waals surface area (Å²) in [7, 11) is 0. The van der Waals surface area contributed by atoms with Crippen LogP contribution in [0, 0.1) is 0 Å². The molecule has 3 heterocycles. The van der Waals surface area contributed by atoms with Crippen LogP contribution in [0.4, 0.5) is 21.0 Å². The number of hydrogen-bond acceptors (Lipinski definition) is 5. The molecule has 0 radical (unpaired) electrons. The van der Waals surface area contributed by atoms with Crippen LogP contribution in [0.25, 0.3) is 0 Å². The van der Waals surface area contributed by atoms with Crippen molar-refractivity contribution in [1.29, 1.82) is 0 Å². The first-order chi connectivity index (χ1) is 14.5. The maximum absolute atomic E-state index is 14.6. The van der Waals surface area contributed by atoms with Gasteiger partial charge in [-0.25, -0.2) is 24.1 Å². The molecule has 1 saturated heterocycles. The van der Waals surface area contributed by atoms with Crippen molar-refractivity contribution in [2.75, 3.05) is 23.3 Å². The fourth-order valence-corrected chi connectivity index (χ4v) is 3.66. The number of urea groups is 1. The predicted molar refractivity (Wildman–Crippen MR) is 110 cm³/mol. The zero-order valence-electron chi connectivity index (χ0n) is 16.5. The van der Waals surface area contributed by atoms with Crippen molar-refractivity contribution in [3.63, 3.8) is 0 Å². The number of nitrogens with zero attached hydrogens (tertiary/aromatic N) is 5. The van der Waals surface area contributed by atoms with E-state index in [1.54, 1.807) is 25.4 Å². The van der Waals surface area contributed by atoms with Crippen LogP contribution in [0.5, 0.6) is 0 Å². The molecular weight excluding hydrogens is 411 g/mol. The summed E-state index contributed by atoms with van der Waals surface area (Å²) >= 11 is 5.90. The lowest BCUT2D eigenvalue weighted by molar-refractivity contribution is -0.117. The van der Waals surface area contributed by atoms with Gasteiger partial charge in [0.05, 0.1) is 12.6 Å². The number of carbonyl (C=O) groups excluding carboxylic acids is 2. The molecule has 0 unspecified atom stereocenters. The minimum atomic E-state index is -1.28. The Hall–Kier alpha value is -2.81. The van der Waals surface area contributed by atoms with E-state index >= 15 is 0 Å². The van der Waals surface area contributed by atoms with Gasteiger partial charge in [-0.3, -0.25) is 9.69 Å². The van der Waals surface area contributed by atoms with Crippen molar-refractivity contribution in [2.45, 2.75) is 44.3 Å². The van der Waals surface area contributed by atoms with E-state index in [-0.39, 0.29) is 31.3 Å². The van der Waals surface area contributed by atoms with E-state index < -0.39 is 24.2 Å². The van der Waals surface area contributed by atoms with Gasteiger partial charge < -0.3 is 10.2 Å². The number of alkyl halides is 1. The number of pyridine rings is 1. The van der Waals surface area contributed by atoms with Crippen LogP contribution >= 0.6 is 11.6 Å². The fraction of sp³-hybridized carbons (Fsp3) is 0.450. The number of halogens is 2. The Kier molecular flexibility index (Phi) is 5.80. The van der Waals surface area contributed by atoms with Gasteiger partial charge in [-0.1, -0.05) is 18.5 Å². The Morgan fingerprint density at radius 1 is 1.33 bits per heavy atom. The standard InChI is InChI=1S/C20H22ClFN6O2/c1-2-15(22)16-10-28(19-24-8-13(9-25-19)12-3-4-12)20(30)27(16)11-18(29)26-17-7-14(21)5-6-23-17/h5-9,12,15-16H,2-4,10-11H2,1H3,(H,23,26,29)/t15-,16+/m0/s1. The first-order valence-corrected chi connectivity index (χ1v) is 10.3. The molecule has 2 atom stereocenters. The molecular formula is C20H22ClFN6O2. The average molecular weight is 433 g/mol. The highest BCUT2D eigenvalue weighted by Crippen LogP contribution is 2.39. The van der Waals surface area contributed by atoms with E-state index in [1.165, 1.54) is 22.1 Å². The SMILES string of the molecule is CC[C@H](F)[C@H]1CN(c2ncc(C3CC3)cn2)C(=O)N1CC(=O)Nc1cc(Cl)ccn1. The first kappa shape index (κ1) is 20.5. The summed E-state index contributed by atoms with van der Waals surface area (Å²) < 4.78 is 14.6. The molecule has 10 heteroatoms. The molecule has 1 saturated carbocycles. The molecule has 0 aromatic carbocycles. The normalized spacial score (nSPS) is 19.8. The van der Waals surface area contributed by atoms with E-state index in [0.29, 0.717) is 10.9 Å². The van der Waals surface area contributed by atoms with Gasteiger partial charge in [0.1, 0.15) is 18.5 Å². The van der Waals surface area contributed by atoms with Crippen LogP contribution in [-0.4, -0.2) is 57.1 Å². The van der Waals surface area contributed by atoms with Crippen LogP contribution in [-0.2, 0) is 4.79 Å². The zero-order valence-corrected chi connectivity index (χ0v) is 17.2. The summed E-state index contributed by atoms with van der Waals surface area (Å²) in [6, 6.07) is 1.81. The molecule has 8 nitrogen and oxygen atoms in total. The van der Waals surface area contributed by atoms with Gasteiger partial charge in [-0.05, 0) is 42.9 Å². The third kappa shape index (κ3) is 4.35. The van der Waals surface area contributed by atoms with Gasteiger partial charge in [0.2, 0.25) is 11.9 Å². The lowest BCUT2D eigenvalue weighted by atomic mass is 10.1. The summed E-state index contributed by atoms with van der Waals surface area (Å²) in [6.45, 7) is 1.47. The monoisotopic (exact) mass is 432 g/mol. The van der Waals surface area contributed by atoms with Gasteiger partial charge in [0.25, 0.3) is 0 Å². The lowest BCUT2D eigenvalue weighted by Crippen LogP contribution is -2.44. The minimum absolute atomic E-state index is 0.0826. The largest absolute Gasteiger partial charge is 0.327 e. The van der Waals surface area contributed by atoms with Crippen molar-refractivity contribution in [2.24, 2.45) is 0 Å². The van der Waals surface area contributed by atoms with E-state index in [2.05, 4.69) is 20.3 Å². The van der Waals surface area contributed by atoms with Gasteiger partial charge in [-0.15, -0.1) is 0 Å². The molecule has 4 rings (SSSR count). The van der Waals surface area contributed by atoms with Crippen molar-refractivity contribution in [3.8, 4) is 0 Å². The average Bonchev–Trinajstić information content (AvgIpc) is 3.53. The molecule has 2 aromatic heterocycles. The fourth-order valence-electron chi connectivity index (χ4n) is 3.50. The highest BCUT2D eigenvalue weighted by Gasteiger charge is 2.43. The number of hydrogen-bond donors (Lipinski definition) is 1. The maximum atomic E-state index is 14.6. The second-order valence-electron chi connectivity index (χ2n) is 7.51. The van der Waals surface area contributed by atoms with E-state index in [0.717, 1.165) is 18.4 Å². The molecule has 2 aliphatic rings. The number of carbonyl (C=O) groups is 2. The minimum Gasteiger partial charge on any atom is -0.309 e. The quantitative estimate of drug-likeness (QED) is 0.724. The number of nitrogens with one attached hydrogen (secondary N) is 1. The lowest BCUT2D eigenvalue weighted by Gasteiger charge is -2.24. The molecule has 0 spiro atoms. The van der Waals surface area contributed by atoms with Crippen molar-refractivity contribution in [1.82, 2.24) is 19.9 Å². The second kappa shape index (κ2) is 8.51. The summed E-state index contributed by atoms with van der Waals surface area (Å²) in [5.41, 5.74) is 1.05. The van der Waals surface area contributed by atoms with Gasteiger partial charge >= 0.3 is 6.03 Å². The highest BCUT2D eigenvalue weighted by atomic mass is 35.5. The molecule has 158 valence electrons. The van der Waals surface area contributed by atoms with Gasteiger partial charge in [0, 0.05) is 23.6 Å². The van der Waals surface area contributed by atoms with Crippen molar-refractivity contribution in [3.05, 3.63) is 41.3 Å². The topological polar surface area (TPSA) is 91.3 Å². The Morgan fingerprint density at radius 2 is 2.07 bits per heavy atom. The first-order valence-electron chi connectivity index (χ1n) is 9.91. The number of aromatic nitrogens is 3. The molecule has 1 aliphatic heterocycles. The molecule has 1 aliphatic carbocycles. The van der Waals surface area contributed by atoms with E-state index in [9.17, 15) is 14.0 Å². The molecule has 30 heavy (non-hydrogen) atoms. The Labute approximate surface area is 178 Å². The number of amides is 3. The molecule has 1 N–H and O–H groups in total. The Bertz CT molecular complexity index is 939. The summed E-state index contributed by atoms with van der Waals surface area (Å²) in [5.74, 6) is 0.492. The van der Waals surface area contributed by atoms with Crippen LogP contribution in [0.3, 0.4) is 0 Å². The molecule has 2 aromatic rings. The molecule has 0 bridgehead atoms. The number of anilines is 2. The Balaban J connectivity index is 1.49. The predicted octanol–water partition coefficient (Wildman–Crippen LogP) is 3.40. The second-order valence-corrected chi connectivity index (χ2v) is 7.95. The molecule has 3 amide bonds. The summed E-state index contributed by atoms with van der Waals surface area (Å²) in [4.78, 5) is 40.7. The molecule has 2 fully saturated rings. The van der Waals surface area contributed by atoms with Crippen LogP contribution in [0.2, 0.25) is 5.02 Å². The van der Waals surface area contributed by atoms with Gasteiger partial charge in [-0.2, -0.15) is 0 Å². The third-order valence-electron chi connectivity index (χ3n) is 5.31. The Morgan fingerprint density at radius 3 is 2.70 bits per heavy atom. The number of rotatable bonds is 7. The summed E-state index contributed by atoms with van der Waals surface area (Å²) in [6.07, 6.45) is 6.09. The van der Waals surface area contributed by atoms with E-state index in [4.69, 9.17) is 11.6 Å². The zero-order chi connectivity index (χ0) is 21.3. The smallest absolute Gasteiger partial charge is 0.309 e. The highest BCUT2D eigenvalue weighted by molar-refractivity contribution is 6.30. The van der Waals surface area contributed by atoms with E-state index in [1.807, 2.05) is 0 Å². The van der Waals surface area contributed by atoms with Crippen molar-refractivity contribution >= 4 is 35.3 Å². The summed E-state index contributed by atoms with van der Waals surface area (Å²) in [5, 5.41) is 3.01. The third-order valence-corrected chi connectivity index (χ3v) is 5.54. The van der Waals surface area contributed by atoms with Crippen LogP contribution in [0.1, 0.15) is 37.7 Å². The van der Waals surface area contributed by atoms with Gasteiger partial charge in [0.15, 0.2) is 0 Å². The van der Waals surface area contributed by atoms with Crippen LogP contribution in [0.15, 0.2) is 30.7 Å².